The summed E-state index contributed by atoms with van der Waals surface area (Å²) in [6.07, 6.45) is 3.85. The fourth-order valence-electron chi connectivity index (χ4n) is 1.46. The van der Waals surface area contributed by atoms with E-state index in [1.807, 2.05) is 11.8 Å². The average Bonchev–Trinajstić information content (AvgIpc) is 2.19. The van der Waals surface area contributed by atoms with Crippen LogP contribution >= 0.6 is 11.8 Å². The Hall–Kier alpha value is -0.260. The molecule has 0 saturated carbocycles. The molecule has 5 heteroatoms. The molecule has 1 saturated heterocycles. The van der Waals surface area contributed by atoms with Crippen molar-refractivity contribution in [3.8, 4) is 0 Å². The number of carboxylic acid groups (broad SMARTS) is 1. The lowest BCUT2D eigenvalue weighted by Crippen LogP contribution is -2.42. The zero-order chi connectivity index (χ0) is 10.4. The highest BCUT2D eigenvalue weighted by Crippen LogP contribution is 2.24. The molecule has 0 aromatic rings. The van der Waals surface area contributed by atoms with Gasteiger partial charge in [0.15, 0.2) is 0 Å². The molecule has 82 valence electrons. The number of carbonyl (C=O) groups is 1. The van der Waals surface area contributed by atoms with E-state index in [4.69, 9.17) is 10.8 Å². The largest absolute Gasteiger partial charge is 0.480 e. The fraction of sp³-hybridized carbons (Fsp3) is 0.889. The van der Waals surface area contributed by atoms with Gasteiger partial charge in [-0.3, -0.25) is 4.79 Å². The Labute approximate surface area is 88.6 Å². The highest BCUT2D eigenvalue weighted by molar-refractivity contribution is 7.99. The number of thioether (sulfide) groups is 1. The highest BCUT2D eigenvalue weighted by Gasteiger charge is 2.15. The van der Waals surface area contributed by atoms with E-state index >= 15 is 0 Å². The van der Waals surface area contributed by atoms with E-state index in [0.29, 0.717) is 11.8 Å². The minimum atomic E-state index is -0.936. The SMILES string of the molecule is NC(CNCC1CCCCS1)C(=O)O. The van der Waals surface area contributed by atoms with E-state index in [1.165, 1.54) is 25.0 Å². The van der Waals surface area contributed by atoms with Crippen LogP contribution < -0.4 is 11.1 Å². The van der Waals surface area contributed by atoms with Gasteiger partial charge in [0.25, 0.3) is 0 Å². The number of carboxylic acids is 1. The van der Waals surface area contributed by atoms with Crippen molar-refractivity contribution in [2.75, 3.05) is 18.8 Å². The van der Waals surface area contributed by atoms with Gasteiger partial charge in [-0.1, -0.05) is 6.42 Å². The van der Waals surface area contributed by atoms with Crippen LogP contribution in [0.15, 0.2) is 0 Å². The summed E-state index contributed by atoms with van der Waals surface area (Å²) in [7, 11) is 0. The first-order valence-electron chi connectivity index (χ1n) is 5.01. The van der Waals surface area contributed by atoms with Crippen molar-refractivity contribution >= 4 is 17.7 Å². The van der Waals surface area contributed by atoms with Gasteiger partial charge in [-0.2, -0.15) is 11.8 Å². The third-order valence-corrected chi connectivity index (χ3v) is 3.73. The van der Waals surface area contributed by atoms with Crippen LogP contribution in [-0.2, 0) is 4.79 Å². The second-order valence-corrected chi connectivity index (χ2v) is 5.00. The first kappa shape index (κ1) is 11.8. The molecular formula is C9H18N2O2S. The standard InChI is InChI=1S/C9H18N2O2S/c10-8(9(12)13)6-11-5-7-3-1-2-4-14-7/h7-8,11H,1-6,10H2,(H,12,13). The molecule has 1 rings (SSSR count). The third kappa shape index (κ3) is 4.30. The molecule has 4 N–H and O–H groups in total. The van der Waals surface area contributed by atoms with Gasteiger partial charge >= 0.3 is 5.97 Å². The van der Waals surface area contributed by atoms with Gasteiger partial charge in [0.1, 0.15) is 6.04 Å². The maximum Gasteiger partial charge on any atom is 0.321 e. The van der Waals surface area contributed by atoms with Crippen molar-refractivity contribution in [1.82, 2.24) is 5.32 Å². The Balaban J connectivity index is 2.05. The van der Waals surface area contributed by atoms with Crippen LogP contribution in [0.25, 0.3) is 0 Å². The van der Waals surface area contributed by atoms with Crippen LogP contribution in [-0.4, -0.2) is 41.2 Å². The molecule has 0 aromatic carbocycles. The molecule has 14 heavy (non-hydrogen) atoms. The van der Waals surface area contributed by atoms with Gasteiger partial charge in [0, 0.05) is 18.3 Å². The lowest BCUT2D eigenvalue weighted by molar-refractivity contribution is -0.138. The molecule has 0 aromatic heterocycles. The Kier molecular flexibility index (Phi) is 5.29. The normalized spacial score (nSPS) is 24.5. The van der Waals surface area contributed by atoms with Crippen LogP contribution in [0.4, 0.5) is 0 Å². The van der Waals surface area contributed by atoms with Gasteiger partial charge < -0.3 is 16.2 Å². The smallest absolute Gasteiger partial charge is 0.321 e. The summed E-state index contributed by atoms with van der Waals surface area (Å²) in [6.45, 7) is 1.25. The molecule has 1 aliphatic rings. The lowest BCUT2D eigenvalue weighted by atomic mass is 10.2. The van der Waals surface area contributed by atoms with E-state index in [1.54, 1.807) is 0 Å². The van der Waals surface area contributed by atoms with Crippen molar-refractivity contribution in [3.63, 3.8) is 0 Å². The van der Waals surface area contributed by atoms with Gasteiger partial charge in [-0.25, -0.2) is 0 Å². The second kappa shape index (κ2) is 6.27. The summed E-state index contributed by atoms with van der Waals surface area (Å²) >= 11 is 1.97. The minimum Gasteiger partial charge on any atom is -0.480 e. The molecule has 1 aliphatic heterocycles. The van der Waals surface area contributed by atoms with Gasteiger partial charge in [-0.05, 0) is 18.6 Å². The third-order valence-electron chi connectivity index (χ3n) is 2.33. The van der Waals surface area contributed by atoms with Gasteiger partial charge in [0.05, 0.1) is 0 Å². The Bertz CT molecular complexity index is 184. The van der Waals surface area contributed by atoms with Crippen molar-refractivity contribution in [2.45, 2.75) is 30.6 Å². The zero-order valence-corrected chi connectivity index (χ0v) is 9.05. The van der Waals surface area contributed by atoms with Crippen LogP contribution in [0.2, 0.25) is 0 Å². The number of nitrogens with two attached hydrogens (primary N) is 1. The predicted molar refractivity (Wildman–Crippen MR) is 58.6 cm³/mol. The maximum atomic E-state index is 10.4. The summed E-state index contributed by atoms with van der Waals surface area (Å²) in [6, 6.07) is -0.774. The van der Waals surface area contributed by atoms with Gasteiger partial charge in [-0.15, -0.1) is 0 Å². The lowest BCUT2D eigenvalue weighted by Gasteiger charge is -2.21. The minimum absolute atomic E-state index is 0.367. The van der Waals surface area contributed by atoms with Crippen molar-refractivity contribution in [1.29, 1.82) is 0 Å². The Morgan fingerprint density at radius 1 is 1.64 bits per heavy atom. The second-order valence-electron chi connectivity index (χ2n) is 3.59. The molecule has 2 atom stereocenters. The van der Waals surface area contributed by atoms with Gasteiger partial charge in [0.2, 0.25) is 0 Å². The predicted octanol–water partition coefficient (Wildman–Crippen LogP) is 0.274. The number of nitrogens with one attached hydrogen (secondary N) is 1. The summed E-state index contributed by atoms with van der Waals surface area (Å²) in [5.74, 6) is 0.297. The quantitative estimate of drug-likeness (QED) is 0.618. The monoisotopic (exact) mass is 218 g/mol. The van der Waals surface area contributed by atoms with E-state index in [0.717, 1.165) is 6.54 Å². The van der Waals surface area contributed by atoms with Crippen LogP contribution in [0, 0.1) is 0 Å². The zero-order valence-electron chi connectivity index (χ0n) is 8.24. The summed E-state index contributed by atoms with van der Waals surface area (Å²) < 4.78 is 0. The molecule has 1 heterocycles. The van der Waals surface area contributed by atoms with E-state index < -0.39 is 12.0 Å². The molecule has 0 spiro atoms. The molecule has 0 amide bonds. The number of hydrogen-bond donors (Lipinski definition) is 3. The first-order valence-corrected chi connectivity index (χ1v) is 6.05. The number of rotatable bonds is 5. The van der Waals surface area contributed by atoms with Crippen LogP contribution in [0.3, 0.4) is 0 Å². The number of aliphatic carboxylic acids is 1. The Morgan fingerprint density at radius 2 is 2.43 bits per heavy atom. The van der Waals surface area contributed by atoms with Crippen molar-refractivity contribution in [3.05, 3.63) is 0 Å². The van der Waals surface area contributed by atoms with Crippen LogP contribution in [0.1, 0.15) is 19.3 Å². The molecular weight excluding hydrogens is 200 g/mol. The van der Waals surface area contributed by atoms with E-state index in [2.05, 4.69) is 5.32 Å². The highest BCUT2D eigenvalue weighted by atomic mass is 32.2. The molecule has 1 fully saturated rings. The molecule has 0 radical (unpaired) electrons. The Morgan fingerprint density at radius 3 is 3.00 bits per heavy atom. The summed E-state index contributed by atoms with van der Waals surface area (Å²) in [4.78, 5) is 10.4. The van der Waals surface area contributed by atoms with Crippen molar-refractivity contribution < 1.29 is 9.90 Å². The summed E-state index contributed by atoms with van der Waals surface area (Å²) in [5, 5.41) is 12.3. The average molecular weight is 218 g/mol. The van der Waals surface area contributed by atoms with E-state index in [-0.39, 0.29) is 0 Å². The summed E-state index contributed by atoms with van der Waals surface area (Å²) in [5.41, 5.74) is 5.36. The van der Waals surface area contributed by atoms with Crippen molar-refractivity contribution in [2.24, 2.45) is 5.73 Å². The maximum absolute atomic E-state index is 10.4. The van der Waals surface area contributed by atoms with E-state index in [9.17, 15) is 4.79 Å². The fourth-order valence-corrected chi connectivity index (χ4v) is 2.73. The van der Waals surface area contributed by atoms with Crippen LogP contribution in [0.5, 0.6) is 0 Å². The topological polar surface area (TPSA) is 75.3 Å². The molecule has 2 unspecified atom stereocenters. The number of hydrogen-bond acceptors (Lipinski definition) is 4. The molecule has 4 nitrogen and oxygen atoms in total. The molecule has 0 aliphatic carbocycles. The molecule has 0 bridgehead atoms. The first-order chi connectivity index (χ1) is 6.70.